The van der Waals surface area contributed by atoms with Crippen LogP contribution in [0, 0.1) is 0 Å². The number of hydrogen-bond acceptors (Lipinski definition) is 5. The second-order valence-electron chi connectivity index (χ2n) is 6.76. The van der Waals surface area contributed by atoms with E-state index in [1.165, 1.54) is 0 Å². The van der Waals surface area contributed by atoms with E-state index in [9.17, 15) is 0 Å². The fraction of sp³-hybridized carbons (Fsp3) is 0.429. The van der Waals surface area contributed by atoms with Gasteiger partial charge in [0.15, 0.2) is 11.5 Å². The van der Waals surface area contributed by atoms with Crippen LogP contribution in [-0.2, 0) is 13.2 Å². The first-order chi connectivity index (χ1) is 13.7. The van der Waals surface area contributed by atoms with Crippen molar-refractivity contribution in [3.63, 3.8) is 0 Å². The lowest BCUT2D eigenvalue weighted by molar-refractivity contribution is 0.241. The Morgan fingerprint density at radius 2 is 1.89 bits per heavy atom. The number of ether oxygens (including phenoxy) is 2. The third kappa shape index (κ3) is 6.00. The summed E-state index contributed by atoms with van der Waals surface area (Å²) in [5, 5.41) is 8.05. The molecule has 0 aliphatic carbocycles. The molecule has 0 radical (unpaired) electrons. The minimum absolute atomic E-state index is 0.331. The standard InChI is InChI=1S/C21H27Cl2N3O2/c1-27-20-13-16(14-25-8-11-26-9-6-24-7-10-26)12-19(23)21(20)28-15-17-4-2-3-5-18(17)22/h2-5,12-13,24-25H,6-11,14-15H2,1H3. The van der Waals surface area contributed by atoms with E-state index in [2.05, 4.69) is 15.5 Å². The van der Waals surface area contributed by atoms with E-state index in [0.717, 1.165) is 56.9 Å². The van der Waals surface area contributed by atoms with Crippen molar-refractivity contribution in [1.82, 2.24) is 15.5 Å². The van der Waals surface area contributed by atoms with E-state index in [0.29, 0.717) is 28.2 Å². The lowest BCUT2D eigenvalue weighted by atomic mass is 10.2. The highest BCUT2D eigenvalue weighted by molar-refractivity contribution is 6.32. The Morgan fingerprint density at radius 1 is 1.11 bits per heavy atom. The zero-order valence-electron chi connectivity index (χ0n) is 16.1. The molecule has 0 bridgehead atoms. The number of benzene rings is 2. The van der Waals surface area contributed by atoms with Gasteiger partial charge in [0.05, 0.1) is 12.1 Å². The van der Waals surface area contributed by atoms with Crippen molar-refractivity contribution in [3.8, 4) is 11.5 Å². The Hall–Kier alpha value is -1.50. The van der Waals surface area contributed by atoms with Crippen LogP contribution in [0.15, 0.2) is 36.4 Å². The maximum absolute atomic E-state index is 6.47. The van der Waals surface area contributed by atoms with E-state index < -0.39 is 0 Å². The maximum Gasteiger partial charge on any atom is 0.180 e. The van der Waals surface area contributed by atoms with Crippen LogP contribution >= 0.6 is 23.2 Å². The van der Waals surface area contributed by atoms with Crippen LogP contribution in [-0.4, -0.2) is 51.3 Å². The van der Waals surface area contributed by atoms with Gasteiger partial charge in [0.25, 0.3) is 0 Å². The molecule has 0 unspecified atom stereocenters. The van der Waals surface area contributed by atoms with Gasteiger partial charge in [-0.3, -0.25) is 4.90 Å². The molecule has 1 saturated heterocycles. The summed E-state index contributed by atoms with van der Waals surface area (Å²) in [5.41, 5.74) is 1.97. The van der Waals surface area contributed by atoms with Gasteiger partial charge in [0.1, 0.15) is 6.61 Å². The lowest BCUT2D eigenvalue weighted by Crippen LogP contribution is -2.45. The van der Waals surface area contributed by atoms with Crippen LogP contribution in [0.3, 0.4) is 0 Å². The van der Waals surface area contributed by atoms with E-state index in [1.54, 1.807) is 7.11 Å². The third-order valence-electron chi connectivity index (χ3n) is 4.76. The normalized spacial score (nSPS) is 14.8. The van der Waals surface area contributed by atoms with Crippen molar-refractivity contribution in [1.29, 1.82) is 0 Å². The van der Waals surface area contributed by atoms with Crippen LogP contribution in [0.5, 0.6) is 11.5 Å². The SMILES string of the molecule is COc1cc(CNCCN2CCNCC2)cc(Cl)c1OCc1ccccc1Cl. The third-order valence-corrected chi connectivity index (χ3v) is 5.41. The minimum atomic E-state index is 0.331. The Morgan fingerprint density at radius 3 is 2.64 bits per heavy atom. The fourth-order valence-electron chi connectivity index (χ4n) is 3.19. The first kappa shape index (κ1) is 21.2. The molecule has 3 rings (SSSR count). The first-order valence-corrected chi connectivity index (χ1v) is 10.3. The fourth-order valence-corrected chi connectivity index (χ4v) is 3.66. The van der Waals surface area contributed by atoms with Gasteiger partial charge in [-0.05, 0) is 23.8 Å². The molecule has 2 aromatic carbocycles. The molecule has 5 nitrogen and oxygen atoms in total. The molecule has 0 atom stereocenters. The van der Waals surface area contributed by atoms with E-state index in [4.69, 9.17) is 32.7 Å². The smallest absolute Gasteiger partial charge is 0.180 e. The summed E-state index contributed by atoms with van der Waals surface area (Å²) in [6.07, 6.45) is 0. The second-order valence-corrected chi connectivity index (χ2v) is 7.57. The number of halogens is 2. The summed E-state index contributed by atoms with van der Waals surface area (Å²) in [6.45, 7) is 7.41. The summed E-state index contributed by atoms with van der Waals surface area (Å²) in [5.74, 6) is 1.16. The molecule has 0 spiro atoms. The topological polar surface area (TPSA) is 45.8 Å². The molecule has 152 valence electrons. The summed E-state index contributed by atoms with van der Waals surface area (Å²) < 4.78 is 11.4. The first-order valence-electron chi connectivity index (χ1n) is 9.54. The molecule has 7 heteroatoms. The van der Waals surface area contributed by atoms with Gasteiger partial charge in [-0.2, -0.15) is 0 Å². The Bertz CT molecular complexity index is 767. The van der Waals surface area contributed by atoms with Crippen LogP contribution in [0.2, 0.25) is 10.0 Å². The zero-order chi connectivity index (χ0) is 19.8. The van der Waals surface area contributed by atoms with Crippen molar-refractivity contribution in [2.75, 3.05) is 46.4 Å². The van der Waals surface area contributed by atoms with E-state index in [-0.39, 0.29) is 0 Å². The van der Waals surface area contributed by atoms with Crippen molar-refractivity contribution in [3.05, 3.63) is 57.6 Å². The summed E-state index contributed by atoms with van der Waals surface area (Å²) in [7, 11) is 1.62. The molecule has 2 N–H and O–H groups in total. The number of rotatable bonds is 9. The molecule has 1 aliphatic heterocycles. The predicted octanol–water partition coefficient (Wildman–Crippen LogP) is 3.58. The summed E-state index contributed by atoms with van der Waals surface area (Å²) >= 11 is 12.7. The second kappa shape index (κ2) is 10.9. The van der Waals surface area contributed by atoms with E-state index >= 15 is 0 Å². The molecule has 1 fully saturated rings. The highest BCUT2D eigenvalue weighted by Gasteiger charge is 2.13. The zero-order valence-corrected chi connectivity index (χ0v) is 17.7. The Balaban J connectivity index is 1.55. The Kier molecular flexibility index (Phi) is 8.25. The van der Waals surface area contributed by atoms with Gasteiger partial charge in [0, 0.05) is 56.4 Å². The quantitative estimate of drug-likeness (QED) is 0.603. The predicted molar refractivity (Wildman–Crippen MR) is 115 cm³/mol. The molecule has 28 heavy (non-hydrogen) atoms. The van der Waals surface area contributed by atoms with Gasteiger partial charge >= 0.3 is 0 Å². The number of methoxy groups -OCH3 is 1. The summed E-state index contributed by atoms with van der Waals surface area (Å²) in [4.78, 5) is 2.46. The number of nitrogens with one attached hydrogen (secondary N) is 2. The highest BCUT2D eigenvalue weighted by Crippen LogP contribution is 2.37. The van der Waals surface area contributed by atoms with Gasteiger partial charge in [0.2, 0.25) is 0 Å². The van der Waals surface area contributed by atoms with Crippen molar-refractivity contribution in [2.45, 2.75) is 13.2 Å². The highest BCUT2D eigenvalue weighted by atomic mass is 35.5. The minimum Gasteiger partial charge on any atom is -0.493 e. The monoisotopic (exact) mass is 423 g/mol. The van der Waals surface area contributed by atoms with E-state index in [1.807, 2.05) is 36.4 Å². The number of hydrogen-bond donors (Lipinski definition) is 2. The van der Waals surface area contributed by atoms with Crippen LogP contribution in [0.25, 0.3) is 0 Å². The number of nitrogens with zero attached hydrogens (tertiary/aromatic N) is 1. The molecule has 2 aromatic rings. The molecule has 0 amide bonds. The van der Waals surface area contributed by atoms with Gasteiger partial charge in [-0.15, -0.1) is 0 Å². The van der Waals surface area contributed by atoms with Crippen LogP contribution in [0.1, 0.15) is 11.1 Å². The van der Waals surface area contributed by atoms with Gasteiger partial charge in [-0.1, -0.05) is 41.4 Å². The number of piperazine rings is 1. The average Bonchev–Trinajstić information content (AvgIpc) is 2.72. The van der Waals surface area contributed by atoms with Gasteiger partial charge in [-0.25, -0.2) is 0 Å². The Labute approximate surface area is 176 Å². The van der Waals surface area contributed by atoms with Crippen molar-refractivity contribution < 1.29 is 9.47 Å². The molecule has 0 aromatic heterocycles. The summed E-state index contributed by atoms with van der Waals surface area (Å²) in [6, 6.07) is 11.5. The molecular weight excluding hydrogens is 397 g/mol. The molecule has 1 aliphatic rings. The lowest BCUT2D eigenvalue weighted by Gasteiger charge is -2.27. The van der Waals surface area contributed by atoms with Gasteiger partial charge < -0.3 is 20.1 Å². The van der Waals surface area contributed by atoms with Crippen molar-refractivity contribution >= 4 is 23.2 Å². The maximum atomic E-state index is 6.47. The molecule has 0 saturated carbocycles. The van der Waals surface area contributed by atoms with Crippen molar-refractivity contribution in [2.24, 2.45) is 0 Å². The van der Waals surface area contributed by atoms with Crippen LogP contribution in [0.4, 0.5) is 0 Å². The molecular formula is C21H27Cl2N3O2. The van der Waals surface area contributed by atoms with Crippen LogP contribution < -0.4 is 20.1 Å². The average molecular weight is 424 g/mol. The molecule has 1 heterocycles. The largest absolute Gasteiger partial charge is 0.493 e.